The number of carbonyl (C=O) groups excluding carboxylic acids is 1. The highest BCUT2D eigenvalue weighted by atomic mass is 16.1. The average Bonchev–Trinajstić information content (AvgIpc) is 2.05. The Bertz CT molecular complexity index is 187. The van der Waals surface area contributed by atoms with Gasteiger partial charge in [0.05, 0.1) is 0 Å². The molecule has 0 atom stereocenters. The second kappa shape index (κ2) is 7.99. The fourth-order valence-electron chi connectivity index (χ4n) is 0.802. The van der Waals surface area contributed by atoms with Gasteiger partial charge in [0, 0.05) is 12.8 Å². The van der Waals surface area contributed by atoms with Gasteiger partial charge < -0.3 is 0 Å². The monoisotopic (exact) mass is 164 g/mol. The highest BCUT2D eigenvalue weighted by Crippen LogP contribution is 1.95. The number of ketones is 1. The van der Waals surface area contributed by atoms with Gasteiger partial charge in [0.2, 0.25) is 0 Å². The second-order valence-electron chi connectivity index (χ2n) is 2.54. The molecule has 0 bridgehead atoms. The van der Waals surface area contributed by atoms with Crippen molar-refractivity contribution in [1.82, 2.24) is 0 Å². The molecule has 0 spiro atoms. The standard InChI is InChI=1S/C11H16O/c1-3-5-6-7-8-10-11(12)9-4-2/h3,5-8H,1,4,9-10H2,2H3. The van der Waals surface area contributed by atoms with E-state index in [-0.39, 0.29) is 0 Å². The van der Waals surface area contributed by atoms with E-state index in [1.165, 1.54) is 0 Å². The minimum atomic E-state index is 0.306. The van der Waals surface area contributed by atoms with Crippen LogP contribution in [0.4, 0.5) is 0 Å². The molecule has 0 saturated heterocycles. The summed E-state index contributed by atoms with van der Waals surface area (Å²) in [6.45, 7) is 5.55. The zero-order chi connectivity index (χ0) is 9.23. The van der Waals surface area contributed by atoms with Crippen molar-refractivity contribution in [3.8, 4) is 0 Å². The first-order valence-corrected chi connectivity index (χ1v) is 4.27. The van der Waals surface area contributed by atoms with E-state index in [1.807, 2.05) is 31.2 Å². The highest BCUT2D eigenvalue weighted by Gasteiger charge is 1.94. The Hall–Kier alpha value is -1.11. The van der Waals surface area contributed by atoms with Crippen LogP contribution in [0.5, 0.6) is 0 Å². The van der Waals surface area contributed by atoms with Crippen molar-refractivity contribution < 1.29 is 4.79 Å². The van der Waals surface area contributed by atoms with Crippen molar-refractivity contribution in [2.75, 3.05) is 0 Å². The molecule has 0 aromatic carbocycles. The summed E-state index contributed by atoms with van der Waals surface area (Å²) in [5.41, 5.74) is 0. The summed E-state index contributed by atoms with van der Waals surface area (Å²) in [7, 11) is 0. The number of rotatable bonds is 6. The Morgan fingerprint density at radius 2 is 2.08 bits per heavy atom. The van der Waals surface area contributed by atoms with Gasteiger partial charge in [0.25, 0.3) is 0 Å². The van der Waals surface area contributed by atoms with E-state index in [0.29, 0.717) is 18.6 Å². The molecule has 0 aliphatic carbocycles. The number of Topliss-reactive ketones (excluding diaryl/α,β-unsaturated/α-hetero) is 1. The summed E-state index contributed by atoms with van der Waals surface area (Å²) in [6, 6.07) is 0. The fraction of sp³-hybridized carbons (Fsp3) is 0.364. The van der Waals surface area contributed by atoms with Gasteiger partial charge in [0.1, 0.15) is 5.78 Å². The normalized spacial score (nSPS) is 11.1. The van der Waals surface area contributed by atoms with E-state index in [0.717, 1.165) is 6.42 Å². The Morgan fingerprint density at radius 1 is 1.33 bits per heavy atom. The van der Waals surface area contributed by atoms with E-state index < -0.39 is 0 Å². The van der Waals surface area contributed by atoms with E-state index in [1.54, 1.807) is 6.08 Å². The molecule has 12 heavy (non-hydrogen) atoms. The minimum absolute atomic E-state index is 0.306. The smallest absolute Gasteiger partial charge is 0.136 e. The Morgan fingerprint density at radius 3 is 2.67 bits per heavy atom. The molecule has 0 heterocycles. The van der Waals surface area contributed by atoms with Gasteiger partial charge >= 0.3 is 0 Å². The third kappa shape index (κ3) is 7.00. The molecule has 0 aromatic heterocycles. The van der Waals surface area contributed by atoms with Crippen molar-refractivity contribution >= 4 is 5.78 Å². The lowest BCUT2D eigenvalue weighted by Gasteiger charge is -1.90. The molecule has 0 unspecified atom stereocenters. The first-order chi connectivity index (χ1) is 5.81. The van der Waals surface area contributed by atoms with Crippen molar-refractivity contribution in [2.45, 2.75) is 26.2 Å². The Labute approximate surface area is 74.5 Å². The zero-order valence-corrected chi connectivity index (χ0v) is 7.62. The number of carbonyl (C=O) groups is 1. The largest absolute Gasteiger partial charge is 0.299 e. The number of hydrogen-bond acceptors (Lipinski definition) is 1. The average molecular weight is 164 g/mol. The number of hydrogen-bond donors (Lipinski definition) is 0. The van der Waals surface area contributed by atoms with E-state index in [2.05, 4.69) is 6.58 Å². The summed E-state index contributed by atoms with van der Waals surface area (Å²) in [5, 5.41) is 0. The van der Waals surface area contributed by atoms with Crippen LogP contribution in [0.3, 0.4) is 0 Å². The molecular weight excluding hydrogens is 148 g/mol. The van der Waals surface area contributed by atoms with Gasteiger partial charge in [-0.05, 0) is 6.42 Å². The third-order valence-electron chi connectivity index (χ3n) is 1.37. The van der Waals surface area contributed by atoms with Gasteiger partial charge in [-0.1, -0.05) is 43.9 Å². The van der Waals surface area contributed by atoms with Crippen molar-refractivity contribution in [3.63, 3.8) is 0 Å². The van der Waals surface area contributed by atoms with Crippen LogP contribution in [0, 0.1) is 0 Å². The molecule has 0 saturated carbocycles. The summed E-state index contributed by atoms with van der Waals surface area (Å²) in [4.78, 5) is 11.0. The minimum Gasteiger partial charge on any atom is -0.299 e. The van der Waals surface area contributed by atoms with Gasteiger partial charge in [-0.2, -0.15) is 0 Å². The zero-order valence-electron chi connectivity index (χ0n) is 7.62. The van der Waals surface area contributed by atoms with Gasteiger partial charge in [0.15, 0.2) is 0 Å². The maximum absolute atomic E-state index is 11.0. The first-order valence-electron chi connectivity index (χ1n) is 4.27. The molecule has 0 amide bonds. The Kier molecular flexibility index (Phi) is 7.25. The molecule has 0 aromatic rings. The fourth-order valence-corrected chi connectivity index (χ4v) is 0.802. The van der Waals surface area contributed by atoms with Crippen molar-refractivity contribution in [3.05, 3.63) is 37.0 Å². The predicted molar refractivity (Wildman–Crippen MR) is 53.0 cm³/mol. The summed E-state index contributed by atoms with van der Waals surface area (Å²) >= 11 is 0. The van der Waals surface area contributed by atoms with Crippen LogP contribution >= 0.6 is 0 Å². The van der Waals surface area contributed by atoms with Gasteiger partial charge in [-0.15, -0.1) is 0 Å². The molecule has 0 rings (SSSR count). The van der Waals surface area contributed by atoms with E-state index in [9.17, 15) is 4.79 Å². The maximum atomic E-state index is 11.0. The molecule has 0 radical (unpaired) electrons. The van der Waals surface area contributed by atoms with Crippen LogP contribution in [0.1, 0.15) is 26.2 Å². The van der Waals surface area contributed by atoms with Crippen molar-refractivity contribution in [2.24, 2.45) is 0 Å². The molecule has 0 fully saturated rings. The predicted octanol–water partition coefficient (Wildman–Crippen LogP) is 3.04. The second-order valence-corrected chi connectivity index (χ2v) is 2.54. The topological polar surface area (TPSA) is 17.1 Å². The molecule has 66 valence electrons. The summed E-state index contributed by atoms with van der Waals surface area (Å²) in [6.07, 6.45) is 11.3. The lowest BCUT2D eigenvalue weighted by Crippen LogP contribution is -1.92. The van der Waals surface area contributed by atoms with Crippen LogP contribution in [-0.2, 0) is 4.79 Å². The molecule has 0 N–H and O–H groups in total. The highest BCUT2D eigenvalue weighted by molar-refractivity contribution is 5.79. The van der Waals surface area contributed by atoms with Crippen molar-refractivity contribution in [1.29, 1.82) is 0 Å². The third-order valence-corrected chi connectivity index (χ3v) is 1.37. The Balaban J connectivity index is 3.52. The van der Waals surface area contributed by atoms with Crippen LogP contribution in [0.25, 0.3) is 0 Å². The molecule has 0 aliphatic rings. The quantitative estimate of drug-likeness (QED) is 0.551. The number of allylic oxidation sites excluding steroid dienone is 5. The summed E-state index contributed by atoms with van der Waals surface area (Å²) < 4.78 is 0. The molecule has 0 aliphatic heterocycles. The lowest BCUT2D eigenvalue weighted by molar-refractivity contribution is -0.118. The molecular formula is C11H16O. The van der Waals surface area contributed by atoms with Gasteiger partial charge in [-0.3, -0.25) is 4.79 Å². The van der Waals surface area contributed by atoms with E-state index >= 15 is 0 Å². The first kappa shape index (κ1) is 10.9. The SMILES string of the molecule is C=CC=CC=CCC(=O)CCC. The molecule has 1 heteroatoms. The lowest BCUT2D eigenvalue weighted by atomic mass is 10.2. The summed E-state index contributed by atoms with van der Waals surface area (Å²) in [5.74, 6) is 0.306. The van der Waals surface area contributed by atoms with Crippen LogP contribution < -0.4 is 0 Å². The van der Waals surface area contributed by atoms with Crippen LogP contribution in [-0.4, -0.2) is 5.78 Å². The van der Waals surface area contributed by atoms with Crippen LogP contribution in [0.2, 0.25) is 0 Å². The van der Waals surface area contributed by atoms with Gasteiger partial charge in [-0.25, -0.2) is 0 Å². The maximum Gasteiger partial charge on any atom is 0.136 e. The van der Waals surface area contributed by atoms with E-state index in [4.69, 9.17) is 0 Å². The van der Waals surface area contributed by atoms with Crippen LogP contribution in [0.15, 0.2) is 37.0 Å². The molecule has 1 nitrogen and oxygen atoms in total.